The number of aromatic nitrogens is 1. The molecule has 0 bridgehead atoms. The minimum atomic E-state index is -3.83. The van der Waals surface area contributed by atoms with Gasteiger partial charge in [0.25, 0.3) is 0 Å². The highest BCUT2D eigenvalue weighted by atomic mass is 32.2. The molecule has 92 valence electrons. The van der Waals surface area contributed by atoms with Crippen molar-refractivity contribution in [2.75, 3.05) is 13.2 Å². The Bertz CT molecular complexity index is 429. The molecule has 8 heteroatoms. The Kier molecular flexibility index (Phi) is 4.03. The van der Waals surface area contributed by atoms with Crippen molar-refractivity contribution >= 4 is 10.0 Å². The Labute approximate surface area is 93.1 Å². The maximum Gasteiger partial charge on any atom is 0.246 e. The van der Waals surface area contributed by atoms with Gasteiger partial charge in [-0.3, -0.25) is 0 Å². The summed E-state index contributed by atoms with van der Waals surface area (Å²) >= 11 is 0. The number of nitrogens with zero attached hydrogens (tertiary/aromatic N) is 1. The average molecular weight is 250 g/mol. The lowest BCUT2D eigenvalue weighted by Gasteiger charge is -2.13. The van der Waals surface area contributed by atoms with Gasteiger partial charge in [-0.25, -0.2) is 13.1 Å². The third-order valence-electron chi connectivity index (χ3n) is 2.00. The van der Waals surface area contributed by atoms with Gasteiger partial charge >= 0.3 is 0 Å². The van der Waals surface area contributed by atoms with Gasteiger partial charge in [-0.15, -0.1) is 0 Å². The Hall–Kier alpha value is -0.960. The molecular weight excluding hydrogens is 236 g/mol. The number of hydrogen-bond donors (Lipinski definition) is 3. The first-order valence-electron chi connectivity index (χ1n) is 4.59. The van der Waals surface area contributed by atoms with E-state index < -0.39 is 29.3 Å². The van der Waals surface area contributed by atoms with E-state index in [9.17, 15) is 8.42 Å². The van der Waals surface area contributed by atoms with Crippen LogP contribution in [0.5, 0.6) is 0 Å². The highest BCUT2D eigenvalue weighted by Gasteiger charge is 2.26. The van der Waals surface area contributed by atoms with Crippen LogP contribution in [-0.4, -0.2) is 43.0 Å². The van der Waals surface area contributed by atoms with Gasteiger partial charge in [0.15, 0.2) is 5.76 Å². The lowest BCUT2D eigenvalue weighted by molar-refractivity contribution is 0.185. The number of aryl methyl sites for hydroxylation is 2. The molecule has 0 aliphatic heterocycles. The molecule has 0 unspecified atom stereocenters. The van der Waals surface area contributed by atoms with Gasteiger partial charge in [0.1, 0.15) is 10.6 Å². The smallest absolute Gasteiger partial charge is 0.246 e. The molecule has 1 aromatic rings. The van der Waals surface area contributed by atoms with Gasteiger partial charge in [-0.1, -0.05) is 5.16 Å². The van der Waals surface area contributed by atoms with E-state index in [1.165, 1.54) is 13.8 Å². The zero-order valence-corrected chi connectivity index (χ0v) is 9.78. The van der Waals surface area contributed by atoms with E-state index in [0.29, 0.717) is 0 Å². The van der Waals surface area contributed by atoms with Crippen LogP contribution in [0.4, 0.5) is 0 Å². The van der Waals surface area contributed by atoms with E-state index in [1.807, 2.05) is 0 Å². The maximum atomic E-state index is 11.8. The predicted molar refractivity (Wildman–Crippen MR) is 54.3 cm³/mol. The maximum absolute atomic E-state index is 11.8. The Morgan fingerprint density at radius 1 is 1.38 bits per heavy atom. The van der Waals surface area contributed by atoms with Crippen molar-refractivity contribution < 1.29 is 23.2 Å². The minimum Gasteiger partial charge on any atom is -0.395 e. The van der Waals surface area contributed by atoms with E-state index >= 15 is 0 Å². The summed E-state index contributed by atoms with van der Waals surface area (Å²) < 4.78 is 30.5. The van der Waals surface area contributed by atoms with Crippen LogP contribution < -0.4 is 4.72 Å². The minimum absolute atomic E-state index is 0.0561. The lowest BCUT2D eigenvalue weighted by Crippen LogP contribution is -2.40. The highest BCUT2D eigenvalue weighted by molar-refractivity contribution is 7.89. The van der Waals surface area contributed by atoms with Crippen LogP contribution in [0.25, 0.3) is 0 Å². The summed E-state index contributed by atoms with van der Waals surface area (Å²) in [6.45, 7) is 2.00. The predicted octanol–water partition coefficient (Wildman–Crippen LogP) is -1.08. The van der Waals surface area contributed by atoms with Crippen molar-refractivity contribution in [3.8, 4) is 0 Å². The fraction of sp³-hybridized carbons (Fsp3) is 0.625. The number of aliphatic hydroxyl groups is 2. The quantitative estimate of drug-likeness (QED) is 0.613. The van der Waals surface area contributed by atoms with E-state index in [-0.39, 0.29) is 16.3 Å². The number of nitrogens with one attached hydrogen (secondary N) is 1. The fourth-order valence-corrected chi connectivity index (χ4v) is 2.82. The van der Waals surface area contributed by atoms with Gasteiger partial charge in [0, 0.05) is 0 Å². The van der Waals surface area contributed by atoms with E-state index in [1.54, 1.807) is 0 Å². The Morgan fingerprint density at radius 2 is 1.94 bits per heavy atom. The van der Waals surface area contributed by atoms with Crippen LogP contribution in [0.15, 0.2) is 9.42 Å². The number of hydrogen-bond acceptors (Lipinski definition) is 6. The molecule has 1 heterocycles. The monoisotopic (exact) mass is 250 g/mol. The molecule has 1 aromatic heterocycles. The molecule has 3 N–H and O–H groups in total. The standard InChI is InChI=1S/C8H14N2O5S/c1-5-8(6(2)15-9-5)16(13,14)10-7(3-11)4-12/h7,10-12H,3-4H2,1-2H3. The summed E-state index contributed by atoms with van der Waals surface area (Å²) in [7, 11) is -3.83. The number of aliphatic hydroxyl groups excluding tert-OH is 2. The van der Waals surface area contributed by atoms with Crippen molar-refractivity contribution in [2.24, 2.45) is 0 Å². The molecule has 0 spiro atoms. The first-order chi connectivity index (χ1) is 7.42. The normalized spacial score (nSPS) is 12.3. The van der Waals surface area contributed by atoms with Crippen LogP contribution in [-0.2, 0) is 10.0 Å². The molecule has 0 saturated heterocycles. The summed E-state index contributed by atoms with van der Waals surface area (Å²) in [6, 6.07) is -0.932. The molecule has 0 atom stereocenters. The molecule has 0 aliphatic carbocycles. The SMILES string of the molecule is Cc1noc(C)c1S(=O)(=O)NC(CO)CO. The van der Waals surface area contributed by atoms with Crippen molar-refractivity contribution in [3.05, 3.63) is 11.5 Å². The van der Waals surface area contributed by atoms with Crippen LogP contribution in [0.1, 0.15) is 11.5 Å². The van der Waals surface area contributed by atoms with Crippen LogP contribution >= 0.6 is 0 Å². The second kappa shape index (κ2) is 4.91. The molecule has 0 aromatic carbocycles. The van der Waals surface area contributed by atoms with Crippen molar-refractivity contribution in [1.82, 2.24) is 9.88 Å². The zero-order chi connectivity index (χ0) is 12.3. The molecule has 0 radical (unpaired) electrons. The van der Waals surface area contributed by atoms with Crippen molar-refractivity contribution in [1.29, 1.82) is 0 Å². The highest BCUT2D eigenvalue weighted by Crippen LogP contribution is 2.18. The zero-order valence-electron chi connectivity index (χ0n) is 8.97. The van der Waals surface area contributed by atoms with Gasteiger partial charge in [-0.2, -0.15) is 0 Å². The summed E-state index contributed by atoms with van der Waals surface area (Å²) in [4.78, 5) is -0.0561. The van der Waals surface area contributed by atoms with Crippen LogP contribution in [0, 0.1) is 13.8 Å². The molecule has 0 saturated carbocycles. The Balaban J connectivity index is 3.03. The van der Waals surface area contributed by atoms with Gasteiger partial charge < -0.3 is 14.7 Å². The first kappa shape index (κ1) is 13.1. The molecule has 16 heavy (non-hydrogen) atoms. The topological polar surface area (TPSA) is 113 Å². The average Bonchev–Trinajstić information content (AvgIpc) is 2.55. The van der Waals surface area contributed by atoms with Gasteiger partial charge in [-0.05, 0) is 13.8 Å². The molecule has 0 aliphatic rings. The van der Waals surface area contributed by atoms with Crippen LogP contribution in [0.2, 0.25) is 0 Å². The third-order valence-corrected chi connectivity index (χ3v) is 3.76. The second-order valence-corrected chi connectivity index (χ2v) is 4.99. The lowest BCUT2D eigenvalue weighted by atomic mass is 10.4. The van der Waals surface area contributed by atoms with Crippen molar-refractivity contribution in [3.63, 3.8) is 0 Å². The number of rotatable bonds is 5. The van der Waals surface area contributed by atoms with Crippen molar-refractivity contribution in [2.45, 2.75) is 24.8 Å². The molecule has 0 fully saturated rings. The summed E-state index contributed by atoms with van der Waals surface area (Å²) in [5, 5.41) is 21.1. The van der Waals surface area contributed by atoms with Gasteiger partial charge in [0.2, 0.25) is 10.0 Å². The van der Waals surface area contributed by atoms with Crippen LogP contribution in [0.3, 0.4) is 0 Å². The summed E-state index contributed by atoms with van der Waals surface area (Å²) in [6.07, 6.45) is 0. The van der Waals surface area contributed by atoms with E-state index in [0.717, 1.165) is 0 Å². The first-order valence-corrected chi connectivity index (χ1v) is 6.07. The molecular formula is C8H14N2O5S. The van der Waals surface area contributed by atoms with E-state index in [4.69, 9.17) is 14.7 Å². The molecule has 1 rings (SSSR count). The molecule has 7 nitrogen and oxygen atoms in total. The summed E-state index contributed by atoms with van der Waals surface area (Å²) in [5.74, 6) is 0.166. The largest absolute Gasteiger partial charge is 0.395 e. The van der Waals surface area contributed by atoms with E-state index in [2.05, 4.69) is 9.88 Å². The molecule has 0 amide bonds. The Morgan fingerprint density at radius 3 is 2.31 bits per heavy atom. The van der Waals surface area contributed by atoms with Gasteiger partial charge in [0.05, 0.1) is 19.3 Å². The second-order valence-electron chi connectivity index (χ2n) is 3.34. The number of sulfonamides is 1. The fourth-order valence-electron chi connectivity index (χ4n) is 1.27. The summed E-state index contributed by atoms with van der Waals surface area (Å²) in [5.41, 5.74) is 0.236. The third kappa shape index (κ3) is 2.59.